The van der Waals surface area contributed by atoms with Crippen molar-refractivity contribution in [1.82, 2.24) is 5.48 Å². The molecular formula is C8H7F4NO. The maximum atomic E-state index is 12.9. The highest BCUT2D eigenvalue weighted by molar-refractivity contribution is 5.27. The Labute approximate surface area is 77.1 Å². The van der Waals surface area contributed by atoms with Gasteiger partial charge in [0, 0.05) is 17.7 Å². The highest BCUT2D eigenvalue weighted by atomic mass is 19.3. The van der Waals surface area contributed by atoms with Crippen LogP contribution < -0.4 is 5.48 Å². The molecule has 0 bridgehead atoms. The lowest BCUT2D eigenvalue weighted by atomic mass is 10.1. The van der Waals surface area contributed by atoms with Gasteiger partial charge in [-0.25, -0.2) is 23.0 Å². The van der Waals surface area contributed by atoms with Gasteiger partial charge in [-0.15, -0.1) is 0 Å². The Morgan fingerprint density at radius 3 is 2.43 bits per heavy atom. The average Bonchev–Trinajstić information content (AvgIpc) is 2.12. The first-order valence-electron chi connectivity index (χ1n) is 3.69. The maximum Gasteiger partial charge on any atom is 0.263 e. The molecule has 1 aromatic carbocycles. The minimum Gasteiger partial charge on any atom is -0.316 e. The molecule has 0 saturated carbocycles. The van der Waals surface area contributed by atoms with Crippen molar-refractivity contribution in [3.63, 3.8) is 0 Å². The quantitative estimate of drug-likeness (QED) is 0.591. The van der Waals surface area contributed by atoms with E-state index in [9.17, 15) is 17.6 Å². The molecule has 14 heavy (non-hydrogen) atoms. The van der Waals surface area contributed by atoms with Crippen LogP contribution in [0.15, 0.2) is 12.1 Å². The topological polar surface area (TPSA) is 32.3 Å². The Morgan fingerprint density at radius 1 is 1.29 bits per heavy atom. The molecule has 0 spiro atoms. The van der Waals surface area contributed by atoms with Crippen LogP contribution in [0, 0.1) is 11.6 Å². The molecule has 0 atom stereocenters. The van der Waals surface area contributed by atoms with E-state index in [1.54, 1.807) is 5.48 Å². The van der Waals surface area contributed by atoms with E-state index in [-0.39, 0.29) is 5.56 Å². The SMILES string of the molecule is ONCc1cc(C(F)F)cc(F)c1F. The molecule has 0 heterocycles. The Hall–Kier alpha value is -1.14. The number of hydrogen-bond donors (Lipinski definition) is 2. The summed E-state index contributed by atoms with van der Waals surface area (Å²) in [4.78, 5) is 0. The van der Waals surface area contributed by atoms with Crippen LogP contribution in [-0.2, 0) is 6.54 Å². The van der Waals surface area contributed by atoms with Gasteiger partial charge in [0.1, 0.15) is 0 Å². The summed E-state index contributed by atoms with van der Waals surface area (Å²) in [6.45, 7) is -0.427. The first-order chi connectivity index (χ1) is 6.56. The number of hydrogen-bond acceptors (Lipinski definition) is 2. The van der Waals surface area contributed by atoms with Crippen molar-refractivity contribution >= 4 is 0 Å². The summed E-state index contributed by atoms with van der Waals surface area (Å²) in [7, 11) is 0. The fraction of sp³-hybridized carbons (Fsp3) is 0.250. The Morgan fingerprint density at radius 2 is 1.93 bits per heavy atom. The molecule has 0 aliphatic rings. The summed E-state index contributed by atoms with van der Waals surface area (Å²) in [6.07, 6.45) is -2.87. The fourth-order valence-corrected chi connectivity index (χ4v) is 1.01. The highest BCUT2D eigenvalue weighted by Gasteiger charge is 2.15. The van der Waals surface area contributed by atoms with Gasteiger partial charge in [0.2, 0.25) is 0 Å². The third-order valence-electron chi connectivity index (χ3n) is 1.65. The van der Waals surface area contributed by atoms with E-state index in [0.717, 1.165) is 6.07 Å². The molecule has 0 aromatic heterocycles. The number of hydroxylamine groups is 1. The molecule has 2 N–H and O–H groups in total. The zero-order valence-electron chi connectivity index (χ0n) is 6.90. The Balaban J connectivity index is 3.14. The second kappa shape index (κ2) is 4.39. The van der Waals surface area contributed by atoms with Gasteiger partial charge in [-0.2, -0.15) is 0 Å². The molecule has 0 aliphatic carbocycles. The molecule has 0 fully saturated rings. The van der Waals surface area contributed by atoms with Gasteiger partial charge in [-0.3, -0.25) is 0 Å². The van der Waals surface area contributed by atoms with Gasteiger partial charge in [-0.1, -0.05) is 0 Å². The van der Waals surface area contributed by atoms with Gasteiger partial charge in [-0.05, 0) is 12.1 Å². The molecular weight excluding hydrogens is 202 g/mol. The van der Waals surface area contributed by atoms with Gasteiger partial charge in [0.25, 0.3) is 6.43 Å². The van der Waals surface area contributed by atoms with E-state index in [2.05, 4.69) is 0 Å². The molecule has 1 rings (SSSR count). The van der Waals surface area contributed by atoms with Crippen molar-refractivity contribution in [3.8, 4) is 0 Å². The Kier molecular flexibility index (Phi) is 3.43. The lowest BCUT2D eigenvalue weighted by Gasteiger charge is -2.06. The van der Waals surface area contributed by atoms with Crippen LogP contribution in [0.25, 0.3) is 0 Å². The standard InChI is InChI=1S/C8H7F4NO/c9-6-2-4(8(11)12)1-5(3-13-14)7(6)10/h1-2,8,13-14H,3H2. The van der Waals surface area contributed by atoms with Gasteiger partial charge >= 0.3 is 0 Å². The van der Waals surface area contributed by atoms with Gasteiger partial charge in [0.15, 0.2) is 11.6 Å². The molecule has 2 nitrogen and oxygen atoms in total. The van der Waals surface area contributed by atoms with Crippen molar-refractivity contribution < 1.29 is 22.8 Å². The summed E-state index contributed by atoms with van der Waals surface area (Å²) in [6, 6.07) is 1.23. The highest BCUT2D eigenvalue weighted by Crippen LogP contribution is 2.23. The largest absolute Gasteiger partial charge is 0.316 e. The van der Waals surface area contributed by atoms with E-state index < -0.39 is 30.2 Å². The predicted molar refractivity (Wildman–Crippen MR) is 39.9 cm³/mol. The Bertz CT molecular complexity index is 329. The predicted octanol–water partition coefficient (Wildman–Crippen LogP) is 2.38. The van der Waals surface area contributed by atoms with E-state index in [1.807, 2.05) is 0 Å². The summed E-state index contributed by atoms with van der Waals surface area (Å²) in [5.41, 5.74) is 0.605. The molecule has 0 aliphatic heterocycles. The minimum absolute atomic E-state index is 0.345. The summed E-state index contributed by atoms with van der Waals surface area (Å²) < 4.78 is 49.8. The number of benzene rings is 1. The van der Waals surface area contributed by atoms with Crippen molar-refractivity contribution in [1.29, 1.82) is 0 Å². The average molecular weight is 209 g/mol. The van der Waals surface area contributed by atoms with Crippen LogP contribution in [0.4, 0.5) is 17.6 Å². The van der Waals surface area contributed by atoms with E-state index >= 15 is 0 Å². The third-order valence-corrected chi connectivity index (χ3v) is 1.65. The molecule has 6 heteroatoms. The molecule has 78 valence electrons. The summed E-state index contributed by atoms with van der Waals surface area (Å²) in [5.74, 6) is -2.59. The second-order valence-electron chi connectivity index (χ2n) is 2.61. The lowest BCUT2D eigenvalue weighted by molar-refractivity contribution is 0.148. The van der Waals surface area contributed by atoms with E-state index in [4.69, 9.17) is 5.21 Å². The molecule has 0 amide bonds. The molecule has 1 aromatic rings. The zero-order chi connectivity index (χ0) is 10.7. The van der Waals surface area contributed by atoms with Crippen LogP contribution in [0.2, 0.25) is 0 Å². The third kappa shape index (κ3) is 2.21. The van der Waals surface area contributed by atoms with Crippen LogP contribution in [-0.4, -0.2) is 5.21 Å². The summed E-state index contributed by atoms with van der Waals surface area (Å²) >= 11 is 0. The first-order valence-corrected chi connectivity index (χ1v) is 3.69. The van der Waals surface area contributed by atoms with Gasteiger partial charge in [0.05, 0.1) is 0 Å². The zero-order valence-corrected chi connectivity index (χ0v) is 6.90. The normalized spacial score (nSPS) is 11.0. The van der Waals surface area contributed by atoms with Crippen molar-refractivity contribution in [2.75, 3.05) is 0 Å². The smallest absolute Gasteiger partial charge is 0.263 e. The molecule has 0 saturated heterocycles. The van der Waals surface area contributed by atoms with E-state index in [0.29, 0.717) is 6.07 Å². The number of alkyl halides is 2. The minimum atomic E-state index is -2.87. The van der Waals surface area contributed by atoms with Crippen molar-refractivity contribution in [3.05, 3.63) is 34.9 Å². The van der Waals surface area contributed by atoms with Crippen LogP contribution in [0.1, 0.15) is 17.6 Å². The van der Waals surface area contributed by atoms with Crippen LogP contribution >= 0.6 is 0 Å². The fourth-order valence-electron chi connectivity index (χ4n) is 1.01. The second-order valence-corrected chi connectivity index (χ2v) is 2.61. The van der Waals surface area contributed by atoms with Crippen molar-refractivity contribution in [2.24, 2.45) is 0 Å². The number of nitrogens with one attached hydrogen (secondary N) is 1. The first kappa shape index (κ1) is 10.9. The lowest BCUT2D eigenvalue weighted by Crippen LogP contribution is -2.09. The number of halogens is 4. The van der Waals surface area contributed by atoms with Crippen LogP contribution in [0.3, 0.4) is 0 Å². The maximum absolute atomic E-state index is 12.9. The van der Waals surface area contributed by atoms with Crippen LogP contribution in [0.5, 0.6) is 0 Å². The summed E-state index contributed by atoms with van der Waals surface area (Å²) in [5, 5.41) is 8.24. The van der Waals surface area contributed by atoms with Crippen molar-refractivity contribution in [2.45, 2.75) is 13.0 Å². The monoisotopic (exact) mass is 209 g/mol. The van der Waals surface area contributed by atoms with Gasteiger partial charge < -0.3 is 5.21 Å². The molecule has 0 radical (unpaired) electrons. The number of rotatable bonds is 3. The van der Waals surface area contributed by atoms with E-state index in [1.165, 1.54) is 0 Å². The molecule has 0 unspecified atom stereocenters.